The van der Waals surface area contributed by atoms with Crippen molar-refractivity contribution in [1.29, 1.82) is 0 Å². The SMILES string of the molecule is O=C(c1cccc2cn[nH]c12)N1CCOC2(CNC2)C1. The van der Waals surface area contributed by atoms with Gasteiger partial charge >= 0.3 is 0 Å². The van der Waals surface area contributed by atoms with E-state index in [0.717, 1.165) is 24.0 Å². The fourth-order valence-electron chi connectivity index (χ4n) is 2.95. The third kappa shape index (κ3) is 1.72. The third-order valence-corrected chi connectivity index (χ3v) is 4.14. The number of carbonyl (C=O) groups is 1. The molecule has 0 bridgehead atoms. The lowest BCUT2D eigenvalue weighted by atomic mass is 9.94. The van der Waals surface area contributed by atoms with Crippen LogP contribution in [-0.2, 0) is 4.74 Å². The topological polar surface area (TPSA) is 70.2 Å². The zero-order valence-electron chi connectivity index (χ0n) is 11.1. The molecular formula is C14H16N4O2. The van der Waals surface area contributed by atoms with Crippen molar-refractivity contribution in [3.05, 3.63) is 30.0 Å². The number of fused-ring (bicyclic) bond motifs is 1. The van der Waals surface area contributed by atoms with E-state index in [1.54, 1.807) is 6.20 Å². The summed E-state index contributed by atoms with van der Waals surface area (Å²) in [5, 5.41) is 11.1. The fraction of sp³-hybridized carbons (Fsp3) is 0.429. The molecule has 0 unspecified atom stereocenters. The van der Waals surface area contributed by atoms with Gasteiger partial charge in [-0.3, -0.25) is 9.89 Å². The number of ether oxygens (including phenoxy) is 1. The molecule has 2 fully saturated rings. The summed E-state index contributed by atoms with van der Waals surface area (Å²) in [7, 11) is 0. The lowest BCUT2D eigenvalue weighted by molar-refractivity contribution is -0.126. The van der Waals surface area contributed by atoms with Gasteiger partial charge in [0.1, 0.15) is 5.60 Å². The number of amides is 1. The second-order valence-corrected chi connectivity index (χ2v) is 5.50. The first-order valence-electron chi connectivity index (χ1n) is 6.84. The van der Waals surface area contributed by atoms with Crippen molar-refractivity contribution >= 4 is 16.8 Å². The molecule has 0 aliphatic carbocycles. The summed E-state index contributed by atoms with van der Waals surface area (Å²) in [6, 6.07) is 5.70. The van der Waals surface area contributed by atoms with E-state index in [2.05, 4.69) is 15.5 Å². The predicted molar refractivity (Wildman–Crippen MR) is 73.5 cm³/mol. The molecule has 1 aromatic heterocycles. The molecule has 0 atom stereocenters. The molecule has 2 aromatic rings. The van der Waals surface area contributed by atoms with Crippen molar-refractivity contribution in [1.82, 2.24) is 20.4 Å². The van der Waals surface area contributed by atoms with E-state index in [0.29, 0.717) is 25.3 Å². The summed E-state index contributed by atoms with van der Waals surface area (Å²) in [5.74, 6) is 0.0504. The number of hydrogen-bond acceptors (Lipinski definition) is 4. The van der Waals surface area contributed by atoms with Crippen LogP contribution in [-0.4, -0.2) is 59.4 Å². The highest BCUT2D eigenvalue weighted by Crippen LogP contribution is 2.25. The third-order valence-electron chi connectivity index (χ3n) is 4.14. The number of morpholine rings is 1. The minimum Gasteiger partial charge on any atom is -0.369 e. The highest BCUT2D eigenvalue weighted by Gasteiger charge is 2.43. The van der Waals surface area contributed by atoms with Gasteiger partial charge in [0.05, 0.1) is 30.4 Å². The molecule has 1 aromatic carbocycles. The largest absolute Gasteiger partial charge is 0.369 e. The molecule has 2 saturated heterocycles. The second-order valence-electron chi connectivity index (χ2n) is 5.50. The molecule has 1 amide bonds. The van der Waals surface area contributed by atoms with Gasteiger partial charge in [-0.05, 0) is 6.07 Å². The first kappa shape index (κ1) is 11.9. The number of rotatable bonds is 1. The molecule has 2 aliphatic rings. The Morgan fingerprint density at radius 1 is 1.40 bits per heavy atom. The Balaban J connectivity index is 1.65. The molecule has 0 radical (unpaired) electrons. The Labute approximate surface area is 116 Å². The van der Waals surface area contributed by atoms with Crippen molar-refractivity contribution in [3.8, 4) is 0 Å². The molecule has 2 N–H and O–H groups in total. The number of carbonyl (C=O) groups excluding carboxylic acids is 1. The van der Waals surface area contributed by atoms with E-state index in [1.807, 2.05) is 23.1 Å². The lowest BCUT2D eigenvalue weighted by Gasteiger charge is -2.48. The lowest BCUT2D eigenvalue weighted by Crippen LogP contribution is -2.69. The maximum atomic E-state index is 12.7. The summed E-state index contributed by atoms with van der Waals surface area (Å²) in [6.45, 7) is 3.55. The van der Waals surface area contributed by atoms with Crippen molar-refractivity contribution in [3.63, 3.8) is 0 Å². The summed E-state index contributed by atoms with van der Waals surface area (Å²) < 4.78 is 5.81. The molecule has 20 heavy (non-hydrogen) atoms. The van der Waals surface area contributed by atoms with Crippen LogP contribution in [0.5, 0.6) is 0 Å². The predicted octanol–water partition coefficient (Wildman–Crippen LogP) is 0.377. The average molecular weight is 272 g/mol. The van der Waals surface area contributed by atoms with Crippen LogP contribution in [0, 0.1) is 0 Å². The monoisotopic (exact) mass is 272 g/mol. The van der Waals surface area contributed by atoms with Gasteiger partial charge in [-0.1, -0.05) is 12.1 Å². The number of aromatic nitrogens is 2. The van der Waals surface area contributed by atoms with Crippen molar-refractivity contribution in [2.24, 2.45) is 0 Å². The highest BCUT2D eigenvalue weighted by atomic mass is 16.5. The normalized spacial score (nSPS) is 21.1. The van der Waals surface area contributed by atoms with Crippen molar-refractivity contribution < 1.29 is 9.53 Å². The average Bonchev–Trinajstić information content (AvgIpc) is 2.93. The first-order valence-corrected chi connectivity index (χ1v) is 6.84. The van der Waals surface area contributed by atoms with E-state index in [1.165, 1.54) is 0 Å². The maximum Gasteiger partial charge on any atom is 0.256 e. The Kier molecular flexibility index (Phi) is 2.55. The van der Waals surface area contributed by atoms with E-state index < -0.39 is 0 Å². The van der Waals surface area contributed by atoms with Gasteiger partial charge in [-0.2, -0.15) is 5.10 Å². The minimum absolute atomic E-state index is 0.0504. The molecule has 3 heterocycles. The molecular weight excluding hydrogens is 256 g/mol. The summed E-state index contributed by atoms with van der Waals surface area (Å²) in [5.41, 5.74) is 1.32. The van der Waals surface area contributed by atoms with E-state index in [4.69, 9.17) is 4.74 Å². The molecule has 0 saturated carbocycles. The Hall–Kier alpha value is -1.92. The Morgan fingerprint density at radius 3 is 3.10 bits per heavy atom. The summed E-state index contributed by atoms with van der Waals surface area (Å²) >= 11 is 0. The molecule has 6 heteroatoms. The smallest absolute Gasteiger partial charge is 0.256 e. The van der Waals surface area contributed by atoms with Crippen LogP contribution in [0.25, 0.3) is 10.9 Å². The molecule has 104 valence electrons. The second kappa shape index (κ2) is 4.29. The Bertz CT molecular complexity index is 662. The van der Waals surface area contributed by atoms with Gasteiger partial charge in [0, 0.05) is 25.0 Å². The van der Waals surface area contributed by atoms with Gasteiger partial charge in [-0.25, -0.2) is 0 Å². The summed E-state index contributed by atoms with van der Waals surface area (Å²) in [6.07, 6.45) is 1.74. The number of nitrogens with zero attached hydrogens (tertiary/aromatic N) is 2. The zero-order chi connectivity index (χ0) is 13.6. The van der Waals surface area contributed by atoms with Crippen LogP contribution in [0.2, 0.25) is 0 Å². The number of nitrogens with one attached hydrogen (secondary N) is 2. The van der Waals surface area contributed by atoms with Gasteiger partial charge in [0.25, 0.3) is 5.91 Å². The van der Waals surface area contributed by atoms with E-state index in [-0.39, 0.29) is 11.5 Å². The molecule has 4 rings (SSSR count). The highest BCUT2D eigenvalue weighted by molar-refractivity contribution is 6.05. The zero-order valence-corrected chi connectivity index (χ0v) is 11.1. The number of benzene rings is 1. The van der Waals surface area contributed by atoms with Gasteiger partial charge in [0.15, 0.2) is 0 Å². The van der Waals surface area contributed by atoms with Gasteiger partial charge < -0.3 is 15.0 Å². The van der Waals surface area contributed by atoms with Gasteiger partial charge in [0.2, 0.25) is 0 Å². The fourth-order valence-corrected chi connectivity index (χ4v) is 2.95. The van der Waals surface area contributed by atoms with Crippen LogP contribution < -0.4 is 5.32 Å². The standard InChI is InChI=1S/C14H16N4O2/c19-13(11-3-1-2-10-6-16-17-12(10)11)18-4-5-20-14(9-18)7-15-8-14/h1-3,6,15H,4-5,7-9H2,(H,16,17). The van der Waals surface area contributed by atoms with E-state index in [9.17, 15) is 4.79 Å². The van der Waals surface area contributed by atoms with Crippen LogP contribution in [0.3, 0.4) is 0 Å². The van der Waals surface area contributed by atoms with Crippen LogP contribution in [0.4, 0.5) is 0 Å². The molecule has 6 nitrogen and oxygen atoms in total. The quantitative estimate of drug-likeness (QED) is 0.787. The van der Waals surface area contributed by atoms with Crippen LogP contribution in [0.15, 0.2) is 24.4 Å². The van der Waals surface area contributed by atoms with Crippen molar-refractivity contribution in [2.45, 2.75) is 5.60 Å². The summed E-state index contributed by atoms with van der Waals surface area (Å²) in [4.78, 5) is 14.6. The number of para-hydroxylation sites is 1. The first-order chi connectivity index (χ1) is 9.77. The van der Waals surface area contributed by atoms with Crippen LogP contribution in [0.1, 0.15) is 10.4 Å². The molecule has 1 spiro atoms. The number of aromatic amines is 1. The van der Waals surface area contributed by atoms with Crippen molar-refractivity contribution in [2.75, 3.05) is 32.8 Å². The maximum absolute atomic E-state index is 12.7. The number of hydrogen-bond donors (Lipinski definition) is 2. The van der Waals surface area contributed by atoms with Gasteiger partial charge in [-0.15, -0.1) is 0 Å². The molecule has 2 aliphatic heterocycles. The minimum atomic E-state index is -0.171. The Morgan fingerprint density at radius 2 is 2.30 bits per heavy atom. The van der Waals surface area contributed by atoms with Crippen LogP contribution >= 0.6 is 0 Å². The van der Waals surface area contributed by atoms with E-state index >= 15 is 0 Å². The number of H-pyrrole nitrogens is 1.